The average Bonchev–Trinajstić information content (AvgIpc) is 2.12. The zero-order valence-electron chi connectivity index (χ0n) is 12.1. The third-order valence-electron chi connectivity index (χ3n) is 2.60. The first-order chi connectivity index (χ1) is 8.36. The number of hydrogen-bond donors (Lipinski definition) is 1. The van der Waals surface area contributed by atoms with Crippen LogP contribution in [-0.4, -0.2) is 30.4 Å². The zero-order chi connectivity index (χ0) is 13.7. The minimum absolute atomic E-state index is 0.0804. The predicted molar refractivity (Wildman–Crippen MR) is 75.5 cm³/mol. The number of amides is 1. The van der Waals surface area contributed by atoms with Crippen molar-refractivity contribution in [2.75, 3.05) is 13.6 Å². The van der Waals surface area contributed by atoms with Crippen molar-refractivity contribution >= 4 is 5.91 Å². The van der Waals surface area contributed by atoms with E-state index >= 15 is 0 Å². The molecule has 0 spiro atoms. The summed E-state index contributed by atoms with van der Waals surface area (Å²) < 4.78 is 0. The third-order valence-corrected chi connectivity index (χ3v) is 2.60. The molecule has 0 saturated carbocycles. The predicted octanol–water partition coefficient (Wildman–Crippen LogP) is 2.26. The molecule has 3 heteroatoms. The first-order valence-corrected chi connectivity index (χ1v) is 6.42. The molecule has 1 N–H and O–H groups in total. The van der Waals surface area contributed by atoms with Crippen LogP contribution in [0.5, 0.6) is 0 Å². The van der Waals surface area contributed by atoms with E-state index in [1.807, 2.05) is 25.8 Å². The van der Waals surface area contributed by atoms with E-state index in [1.54, 1.807) is 0 Å². The standard InChI is InChI=1S/C15H24N2O/c1-11(2)16-15(18)10-17(5)9-14-7-12(3)6-13(4)8-14/h6-8,11H,9-10H2,1-5H3,(H,16,18). The molecule has 0 saturated heterocycles. The van der Waals surface area contributed by atoms with Crippen LogP contribution in [0.4, 0.5) is 0 Å². The van der Waals surface area contributed by atoms with E-state index in [1.165, 1.54) is 16.7 Å². The van der Waals surface area contributed by atoms with Gasteiger partial charge in [-0.05, 0) is 40.3 Å². The second-order valence-electron chi connectivity index (χ2n) is 5.39. The zero-order valence-corrected chi connectivity index (χ0v) is 12.1. The van der Waals surface area contributed by atoms with Crippen LogP contribution in [0.3, 0.4) is 0 Å². The van der Waals surface area contributed by atoms with Crippen LogP contribution < -0.4 is 5.32 Å². The van der Waals surface area contributed by atoms with Crippen molar-refractivity contribution in [2.24, 2.45) is 0 Å². The van der Waals surface area contributed by atoms with Crippen molar-refractivity contribution in [1.29, 1.82) is 0 Å². The topological polar surface area (TPSA) is 32.3 Å². The maximum absolute atomic E-state index is 11.6. The highest BCUT2D eigenvalue weighted by Gasteiger charge is 2.08. The molecular weight excluding hydrogens is 224 g/mol. The molecule has 1 rings (SSSR count). The van der Waals surface area contributed by atoms with Crippen molar-refractivity contribution in [2.45, 2.75) is 40.3 Å². The Morgan fingerprint density at radius 1 is 1.22 bits per heavy atom. The fourth-order valence-electron chi connectivity index (χ4n) is 2.14. The lowest BCUT2D eigenvalue weighted by Gasteiger charge is -2.18. The highest BCUT2D eigenvalue weighted by Crippen LogP contribution is 2.10. The molecule has 0 atom stereocenters. The lowest BCUT2D eigenvalue weighted by atomic mass is 10.1. The molecule has 18 heavy (non-hydrogen) atoms. The Morgan fingerprint density at radius 3 is 2.28 bits per heavy atom. The Hall–Kier alpha value is -1.35. The average molecular weight is 248 g/mol. The van der Waals surface area contributed by atoms with Gasteiger partial charge >= 0.3 is 0 Å². The number of aryl methyl sites for hydroxylation is 2. The number of rotatable bonds is 5. The second kappa shape index (κ2) is 6.55. The number of carbonyl (C=O) groups excluding carboxylic acids is 1. The Bertz CT molecular complexity index is 393. The summed E-state index contributed by atoms with van der Waals surface area (Å²) >= 11 is 0. The highest BCUT2D eigenvalue weighted by molar-refractivity contribution is 5.78. The number of benzene rings is 1. The minimum Gasteiger partial charge on any atom is -0.353 e. The van der Waals surface area contributed by atoms with Gasteiger partial charge in [0.05, 0.1) is 6.54 Å². The van der Waals surface area contributed by atoms with Gasteiger partial charge in [0.15, 0.2) is 0 Å². The van der Waals surface area contributed by atoms with Crippen LogP contribution >= 0.6 is 0 Å². The summed E-state index contributed by atoms with van der Waals surface area (Å²) in [4.78, 5) is 13.7. The quantitative estimate of drug-likeness (QED) is 0.867. The van der Waals surface area contributed by atoms with E-state index in [0.717, 1.165) is 6.54 Å². The number of nitrogens with zero attached hydrogens (tertiary/aromatic N) is 1. The van der Waals surface area contributed by atoms with Gasteiger partial charge < -0.3 is 5.32 Å². The summed E-state index contributed by atoms with van der Waals surface area (Å²) in [6.07, 6.45) is 0. The Kier molecular flexibility index (Phi) is 5.35. The van der Waals surface area contributed by atoms with Gasteiger partial charge in [0.2, 0.25) is 5.91 Å². The molecule has 1 amide bonds. The number of hydrogen-bond acceptors (Lipinski definition) is 2. The number of nitrogens with one attached hydrogen (secondary N) is 1. The van der Waals surface area contributed by atoms with Gasteiger partial charge in [-0.25, -0.2) is 0 Å². The van der Waals surface area contributed by atoms with E-state index in [9.17, 15) is 4.79 Å². The molecule has 0 aliphatic rings. The van der Waals surface area contributed by atoms with Crippen molar-refractivity contribution in [3.8, 4) is 0 Å². The van der Waals surface area contributed by atoms with Gasteiger partial charge in [-0.15, -0.1) is 0 Å². The van der Waals surface area contributed by atoms with Crippen LogP contribution in [0, 0.1) is 13.8 Å². The van der Waals surface area contributed by atoms with Crippen molar-refractivity contribution in [1.82, 2.24) is 10.2 Å². The van der Waals surface area contributed by atoms with Crippen molar-refractivity contribution in [3.63, 3.8) is 0 Å². The first kappa shape index (κ1) is 14.7. The Balaban J connectivity index is 2.53. The molecule has 0 fully saturated rings. The van der Waals surface area contributed by atoms with Gasteiger partial charge in [0.1, 0.15) is 0 Å². The van der Waals surface area contributed by atoms with Gasteiger partial charge in [-0.2, -0.15) is 0 Å². The van der Waals surface area contributed by atoms with Crippen LogP contribution in [-0.2, 0) is 11.3 Å². The largest absolute Gasteiger partial charge is 0.353 e. The third kappa shape index (κ3) is 5.32. The minimum atomic E-state index is 0.0804. The van der Waals surface area contributed by atoms with Gasteiger partial charge in [-0.3, -0.25) is 9.69 Å². The summed E-state index contributed by atoms with van der Waals surface area (Å²) in [5, 5.41) is 2.90. The molecule has 1 aromatic rings. The van der Waals surface area contributed by atoms with Crippen LogP contribution in [0.25, 0.3) is 0 Å². The fraction of sp³-hybridized carbons (Fsp3) is 0.533. The van der Waals surface area contributed by atoms with Gasteiger partial charge in [-0.1, -0.05) is 29.3 Å². The van der Waals surface area contributed by atoms with Crippen LogP contribution in [0.2, 0.25) is 0 Å². The van der Waals surface area contributed by atoms with E-state index < -0.39 is 0 Å². The normalized spacial score (nSPS) is 11.1. The van der Waals surface area contributed by atoms with Crippen LogP contribution in [0.15, 0.2) is 18.2 Å². The van der Waals surface area contributed by atoms with E-state index in [0.29, 0.717) is 6.54 Å². The van der Waals surface area contributed by atoms with Crippen molar-refractivity contribution < 1.29 is 4.79 Å². The summed E-state index contributed by atoms with van der Waals surface area (Å²) in [5.74, 6) is 0.0804. The van der Waals surface area contributed by atoms with E-state index in [4.69, 9.17) is 0 Å². The summed E-state index contributed by atoms with van der Waals surface area (Å²) in [6.45, 7) is 9.38. The molecule has 1 aromatic carbocycles. The SMILES string of the molecule is Cc1cc(C)cc(CN(C)CC(=O)NC(C)C)c1. The van der Waals surface area contributed by atoms with E-state index in [2.05, 4.69) is 37.4 Å². The Labute approximate surface area is 110 Å². The molecule has 0 unspecified atom stereocenters. The molecular formula is C15H24N2O. The van der Waals surface area contributed by atoms with Gasteiger partial charge in [0, 0.05) is 12.6 Å². The Morgan fingerprint density at radius 2 is 1.78 bits per heavy atom. The second-order valence-corrected chi connectivity index (χ2v) is 5.39. The lowest BCUT2D eigenvalue weighted by Crippen LogP contribution is -2.38. The van der Waals surface area contributed by atoms with Gasteiger partial charge in [0.25, 0.3) is 0 Å². The molecule has 0 aliphatic carbocycles. The summed E-state index contributed by atoms with van der Waals surface area (Å²) in [7, 11) is 1.97. The molecule has 100 valence electrons. The highest BCUT2D eigenvalue weighted by atomic mass is 16.2. The monoisotopic (exact) mass is 248 g/mol. The summed E-state index contributed by atoms with van der Waals surface area (Å²) in [5.41, 5.74) is 3.79. The summed E-state index contributed by atoms with van der Waals surface area (Å²) in [6, 6.07) is 6.70. The van der Waals surface area contributed by atoms with Crippen molar-refractivity contribution in [3.05, 3.63) is 34.9 Å². The first-order valence-electron chi connectivity index (χ1n) is 6.42. The lowest BCUT2D eigenvalue weighted by molar-refractivity contribution is -0.122. The fourth-order valence-corrected chi connectivity index (χ4v) is 2.14. The maximum Gasteiger partial charge on any atom is 0.234 e. The number of carbonyl (C=O) groups is 1. The molecule has 0 bridgehead atoms. The number of likely N-dealkylation sites (N-methyl/N-ethyl adjacent to an activating group) is 1. The molecule has 0 aromatic heterocycles. The molecule has 3 nitrogen and oxygen atoms in total. The maximum atomic E-state index is 11.6. The molecule has 0 radical (unpaired) electrons. The van der Waals surface area contributed by atoms with Crippen LogP contribution in [0.1, 0.15) is 30.5 Å². The molecule has 0 heterocycles. The van der Waals surface area contributed by atoms with E-state index in [-0.39, 0.29) is 11.9 Å². The smallest absolute Gasteiger partial charge is 0.234 e. The molecule has 0 aliphatic heterocycles.